The Hall–Kier alpha value is -1.91. The molecule has 4 rings (SSSR count). The van der Waals surface area contributed by atoms with Gasteiger partial charge in [-0.1, -0.05) is 37.3 Å². The summed E-state index contributed by atoms with van der Waals surface area (Å²) in [5, 5.41) is 3.65. The van der Waals surface area contributed by atoms with Gasteiger partial charge in [-0.05, 0) is 95.4 Å². The SMILES string of the molecule is C=C(NCCCN1CCCCC1)C1CCN(CC2=C(C)CC(c3ccccc3C)=N2)CC1. The molecule has 0 bridgehead atoms. The van der Waals surface area contributed by atoms with Crippen LogP contribution in [0.15, 0.2) is 52.8 Å². The van der Waals surface area contributed by atoms with Crippen molar-refractivity contribution >= 4 is 5.71 Å². The van der Waals surface area contributed by atoms with Crippen LogP contribution in [-0.2, 0) is 0 Å². The molecule has 0 amide bonds. The van der Waals surface area contributed by atoms with E-state index in [4.69, 9.17) is 4.99 Å². The largest absolute Gasteiger partial charge is 0.389 e. The minimum Gasteiger partial charge on any atom is -0.389 e. The Labute approximate surface area is 195 Å². The Morgan fingerprint density at radius 3 is 2.53 bits per heavy atom. The summed E-state index contributed by atoms with van der Waals surface area (Å²) in [7, 11) is 0. The number of likely N-dealkylation sites (tertiary alicyclic amines) is 2. The molecule has 3 heterocycles. The Bertz CT molecular complexity index is 839. The zero-order chi connectivity index (χ0) is 22.3. The number of rotatable bonds is 9. The summed E-state index contributed by atoms with van der Waals surface area (Å²) < 4.78 is 0. The quantitative estimate of drug-likeness (QED) is 0.545. The highest BCUT2D eigenvalue weighted by Gasteiger charge is 2.24. The predicted molar refractivity (Wildman–Crippen MR) is 136 cm³/mol. The van der Waals surface area contributed by atoms with Gasteiger partial charge in [-0.25, -0.2) is 0 Å². The van der Waals surface area contributed by atoms with E-state index in [0.29, 0.717) is 5.92 Å². The van der Waals surface area contributed by atoms with E-state index >= 15 is 0 Å². The molecule has 0 aliphatic carbocycles. The van der Waals surface area contributed by atoms with E-state index in [2.05, 4.69) is 59.8 Å². The Balaban J connectivity index is 1.18. The fourth-order valence-corrected chi connectivity index (χ4v) is 5.40. The molecule has 2 fully saturated rings. The molecule has 0 atom stereocenters. The fraction of sp³-hybridized carbons (Fsp3) is 0.607. The van der Waals surface area contributed by atoms with Gasteiger partial charge in [-0.2, -0.15) is 0 Å². The molecular weight excluding hydrogens is 392 g/mol. The number of nitrogens with one attached hydrogen (secondary N) is 1. The van der Waals surface area contributed by atoms with Crippen molar-refractivity contribution in [3.8, 4) is 0 Å². The summed E-state index contributed by atoms with van der Waals surface area (Å²) in [6.07, 6.45) is 8.82. The molecule has 1 N–H and O–H groups in total. The van der Waals surface area contributed by atoms with Crippen LogP contribution in [0.5, 0.6) is 0 Å². The molecule has 0 radical (unpaired) electrons. The minimum absolute atomic E-state index is 0.617. The van der Waals surface area contributed by atoms with E-state index in [9.17, 15) is 0 Å². The maximum absolute atomic E-state index is 5.06. The highest BCUT2D eigenvalue weighted by molar-refractivity contribution is 6.05. The lowest BCUT2D eigenvalue weighted by Gasteiger charge is -2.33. The van der Waals surface area contributed by atoms with E-state index in [1.807, 2.05) is 0 Å². The van der Waals surface area contributed by atoms with E-state index in [1.54, 1.807) is 0 Å². The summed E-state index contributed by atoms with van der Waals surface area (Å²) >= 11 is 0. The molecule has 174 valence electrons. The van der Waals surface area contributed by atoms with Crippen LogP contribution in [0.25, 0.3) is 0 Å². The zero-order valence-corrected chi connectivity index (χ0v) is 20.3. The van der Waals surface area contributed by atoms with Crippen molar-refractivity contribution in [3.63, 3.8) is 0 Å². The highest BCUT2D eigenvalue weighted by Crippen LogP contribution is 2.28. The molecule has 0 aromatic heterocycles. The number of allylic oxidation sites excluding steroid dienone is 2. The summed E-state index contributed by atoms with van der Waals surface area (Å²) in [5.41, 5.74) is 7.86. The molecule has 1 aromatic rings. The number of hydrogen-bond acceptors (Lipinski definition) is 4. The number of aryl methyl sites for hydroxylation is 1. The first-order valence-electron chi connectivity index (χ1n) is 12.8. The summed E-state index contributed by atoms with van der Waals surface area (Å²) in [6, 6.07) is 8.63. The molecule has 3 aliphatic heterocycles. The fourth-order valence-electron chi connectivity index (χ4n) is 5.40. The topological polar surface area (TPSA) is 30.9 Å². The number of nitrogens with zero attached hydrogens (tertiary/aromatic N) is 3. The third-order valence-corrected chi connectivity index (χ3v) is 7.56. The monoisotopic (exact) mass is 434 g/mol. The van der Waals surface area contributed by atoms with Gasteiger partial charge in [0, 0.05) is 31.1 Å². The normalized spacial score (nSPS) is 21.1. The van der Waals surface area contributed by atoms with Crippen LogP contribution in [-0.4, -0.2) is 61.3 Å². The lowest BCUT2D eigenvalue weighted by molar-refractivity contribution is 0.207. The molecule has 3 aliphatic rings. The Morgan fingerprint density at radius 1 is 1.03 bits per heavy atom. The van der Waals surface area contributed by atoms with Crippen molar-refractivity contribution < 1.29 is 0 Å². The number of piperidine rings is 2. The Morgan fingerprint density at radius 2 is 1.78 bits per heavy atom. The van der Waals surface area contributed by atoms with Gasteiger partial charge >= 0.3 is 0 Å². The van der Waals surface area contributed by atoms with Crippen molar-refractivity contribution in [1.29, 1.82) is 0 Å². The zero-order valence-electron chi connectivity index (χ0n) is 20.3. The highest BCUT2D eigenvalue weighted by atomic mass is 15.1. The molecule has 1 aromatic carbocycles. The molecular formula is C28H42N4. The first kappa shape index (κ1) is 23.3. The second-order valence-corrected chi connectivity index (χ2v) is 10.0. The first-order valence-corrected chi connectivity index (χ1v) is 12.8. The van der Waals surface area contributed by atoms with Gasteiger partial charge in [0.2, 0.25) is 0 Å². The molecule has 0 spiro atoms. The minimum atomic E-state index is 0.617. The van der Waals surface area contributed by atoms with Gasteiger partial charge < -0.3 is 10.2 Å². The van der Waals surface area contributed by atoms with Crippen molar-refractivity contribution in [2.24, 2.45) is 10.9 Å². The summed E-state index contributed by atoms with van der Waals surface area (Å²) in [6.45, 7) is 17.0. The second-order valence-electron chi connectivity index (χ2n) is 10.0. The lowest BCUT2D eigenvalue weighted by atomic mass is 9.93. The number of aliphatic imine (C=N–C) groups is 1. The average molecular weight is 435 g/mol. The van der Waals surface area contributed by atoms with Gasteiger partial charge in [-0.15, -0.1) is 0 Å². The van der Waals surface area contributed by atoms with Crippen LogP contribution < -0.4 is 5.32 Å². The molecule has 4 nitrogen and oxygen atoms in total. The van der Waals surface area contributed by atoms with E-state index in [-0.39, 0.29) is 0 Å². The van der Waals surface area contributed by atoms with E-state index in [1.165, 1.54) is 92.0 Å². The maximum atomic E-state index is 5.06. The van der Waals surface area contributed by atoms with Gasteiger partial charge in [-0.3, -0.25) is 9.89 Å². The first-order chi connectivity index (χ1) is 15.6. The van der Waals surface area contributed by atoms with Gasteiger partial charge in [0.1, 0.15) is 0 Å². The average Bonchev–Trinajstić information content (AvgIpc) is 3.18. The number of benzene rings is 1. The third-order valence-electron chi connectivity index (χ3n) is 7.56. The lowest BCUT2D eigenvalue weighted by Crippen LogP contribution is -2.37. The van der Waals surface area contributed by atoms with Crippen LogP contribution in [0, 0.1) is 12.8 Å². The van der Waals surface area contributed by atoms with Crippen LogP contribution in [0.1, 0.15) is 63.0 Å². The predicted octanol–water partition coefficient (Wildman–Crippen LogP) is 5.15. The van der Waals surface area contributed by atoms with E-state index < -0.39 is 0 Å². The van der Waals surface area contributed by atoms with Crippen LogP contribution in [0.2, 0.25) is 0 Å². The van der Waals surface area contributed by atoms with Crippen molar-refractivity contribution in [3.05, 3.63) is 58.9 Å². The molecule has 2 saturated heterocycles. The van der Waals surface area contributed by atoms with Crippen molar-refractivity contribution in [1.82, 2.24) is 15.1 Å². The van der Waals surface area contributed by atoms with Crippen LogP contribution in [0.3, 0.4) is 0 Å². The number of hydrogen-bond donors (Lipinski definition) is 1. The van der Waals surface area contributed by atoms with Crippen LogP contribution in [0.4, 0.5) is 0 Å². The molecule has 32 heavy (non-hydrogen) atoms. The standard InChI is InChI=1S/C28H42N4/c1-22-10-5-6-11-26(22)27-20-23(2)28(30-27)21-32-18-12-25(13-19-32)24(3)29-14-9-17-31-15-7-4-8-16-31/h5-6,10-11,25,29H,3-4,7-9,12-21H2,1-2H3. The van der Waals surface area contributed by atoms with Crippen molar-refractivity contribution in [2.75, 3.05) is 45.8 Å². The van der Waals surface area contributed by atoms with Gasteiger partial charge in [0.05, 0.1) is 11.4 Å². The van der Waals surface area contributed by atoms with Crippen LogP contribution >= 0.6 is 0 Å². The smallest absolute Gasteiger partial charge is 0.0540 e. The molecule has 0 saturated carbocycles. The summed E-state index contributed by atoms with van der Waals surface area (Å²) in [5.74, 6) is 0.617. The van der Waals surface area contributed by atoms with Gasteiger partial charge in [0.25, 0.3) is 0 Å². The van der Waals surface area contributed by atoms with Crippen molar-refractivity contribution in [2.45, 2.75) is 58.8 Å². The Kier molecular flexibility index (Phi) is 8.20. The summed E-state index contributed by atoms with van der Waals surface area (Å²) in [4.78, 5) is 10.3. The third kappa shape index (κ3) is 6.11. The molecule has 0 unspecified atom stereocenters. The maximum Gasteiger partial charge on any atom is 0.0540 e. The second kappa shape index (κ2) is 11.3. The van der Waals surface area contributed by atoms with E-state index in [0.717, 1.165) is 32.6 Å². The van der Waals surface area contributed by atoms with Gasteiger partial charge in [0.15, 0.2) is 0 Å². The molecule has 4 heteroatoms.